The first kappa shape index (κ1) is 18.4. The molecule has 0 saturated heterocycles. The molecule has 142 valence electrons. The number of anilines is 2. The van der Waals surface area contributed by atoms with Crippen LogP contribution in [-0.2, 0) is 13.0 Å². The summed E-state index contributed by atoms with van der Waals surface area (Å²) in [4.78, 5) is 24.5. The van der Waals surface area contributed by atoms with E-state index < -0.39 is 18.7 Å². The van der Waals surface area contributed by atoms with Crippen LogP contribution in [0.4, 0.5) is 29.7 Å². The highest BCUT2D eigenvalue weighted by Gasteiger charge is 2.20. The maximum Gasteiger partial charge on any atom is 0.407 e. The first-order valence-corrected chi connectivity index (χ1v) is 8.13. The van der Waals surface area contributed by atoms with Gasteiger partial charge in [0.15, 0.2) is 0 Å². The monoisotopic (exact) mass is 377 g/mol. The number of rotatable bonds is 4. The summed E-state index contributed by atoms with van der Waals surface area (Å²) in [5.74, 6) is -0.0560. The molecule has 0 fully saturated rings. The Balaban J connectivity index is 1.63. The number of hydrogen-bond acceptors (Lipinski definition) is 3. The summed E-state index contributed by atoms with van der Waals surface area (Å²) in [6, 6.07) is 10.4. The van der Waals surface area contributed by atoms with E-state index in [1.165, 1.54) is 23.1 Å². The Morgan fingerprint density at radius 3 is 2.52 bits per heavy atom. The molecular weight excluding hydrogens is 360 g/mol. The van der Waals surface area contributed by atoms with E-state index >= 15 is 0 Å². The molecule has 1 heterocycles. The average molecular weight is 377 g/mol. The highest BCUT2D eigenvalue weighted by atomic mass is 19.3. The van der Waals surface area contributed by atoms with E-state index in [4.69, 9.17) is 5.11 Å². The van der Waals surface area contributed by atoms with Crippen LogP contribution in [0.1, 0.15) is 11.1 Å². The molecular formula is C18H17F2N3O4. The van der Waals surface area contributed by atoms with Gasteiger partial charge in [0.2, 0.25) is 0 Å². The number of benzene rings is 2. The first-order valence-electron chi connectivity index (χ1n) is 8.13. The summed E-state index contributed by atoms with van der Waals surface area (Å²) in [5.41, 5.74) is 2.72. The van der Waals surface area contributed by atoms with Crippen molar-refractivity contribution in [3.05, 3.63) is 53.6 Å². The maximum absolute atomic E-state index is 12.3. The van der Waals surface area contributed by atoms with Crippen LogP contribution >= 0.6 is 0 Å². The molecule has 27 heavy (non-hydrogen) atoms. The number of nitrogens with one attached hydrogen (secondary N) is 2. The largest absolute Gasteiger partial charge is 0.465 e. The van der Waals surface area contributed by atoms with Gasteiger partial charge in [0.1, 0.15) is 5.75 Å². The quantitative estimate of drug-likeness (QED) is 0.752. The third kappa shape index (κ3) is 4.84. The van der Waals surface area contributed by atoms with Gasteiger partial charge in [-0.3, -0.25) is 0 Å². The van der Waals surface area contributed by atoms with E-state index in [-0.39, 0.29) is 5.75 Å². The number of amides is 3. The van der Waals surface area contributed by atoms with Gasteiger partial charge in [-0.05, 0) is 41.8 Å². The minimum Gasteiger partial charge on any atom is -0.465 e. The van der Waals surface area contributed by atoms with Crippen molar-refractivity contribution in [2.24, 2.45) is 0 Å². The van der Waals surface area contributed by atoms with Gasteiger partial charge in [-0.25, -0.2) is 9.59 Å². The van der Waals surface area contributed by atoms with Gasteiger partial charge in [0, 0.05) is 30.5 Å². The second-order valence-electron chi connectivity index (χ2n) is 5.92. The number of carbonyl (C=O) groups is 2. The number of carboxylic acid groups (broad SMARTS) is 1. The second-order valence-corrected chi connectivity index (χ2v) is 5.92. The molecule has 0 bridgehead atoms. The van der Waals surface area contributed by atoms with Crippen molar-refractivity contribution in [3.8, 4) is 5.75 Å². The third-order valence-electron chi connectivity index (χ3n) is 4.06. The van der Waals surface area contributed by atoms with Crippen molar-refractivity contribution in [2.45, 2.75) is 19.6 Å². The molecule has 3 amide bonds. The lowest BCUT2D eigenvalue weighted by Gasteiger charge is -2.26. The number of ether oxygens (including phenoxy) is 1. The number of fused-ring (bicyclic) bond motifs is 1. The molecule has 3 N–H and O–H groups in total. The number of hydrogen-bond donors (Lipinski definition) is 3. The molecule has 0 radical (unpaired) electrons. The fourth-order valence-corrected chi connectivity index (χ4v) is 2.84. The van der Waals surface area contributed by atoms with E-state index in [0.717, 1.165) is 11.1 Å². The van der Waals surface area contributed by atoms with Crippen LogP contribution in [-0.4, -0.2) is 35.3 Å². The minimum atomic E-state index is -2.94. The zero-order valence-electron chi connectivity index (χ0n) is 14.1. The van der Waals surface area contributed by atoms with Crippen LogP contribution in [0.3, 0.4) is 0 Å². The van der Waals surface area contributed by atoms with Crippen molar-refractivity contribution < 1.29 is 28.2 Å². The molecule has 3 rings (SSSR count). The van der Waals surface area contributed by atoms with Gasteiger partial charge in [-0.1, -0.05) is 12.1 Å². The Kier molecular flexibility index (Phi) is 5.39. The molecule has 2 aromatic rings. The number of nitrogens with zero attached hydrogens (tertiary/aromatic N) is 1. The highest BCUT2D eigenvalue weighted by molar-refractivity contribution is 5.99. The molecule has 1 aliphatic heterocycles. The number of alkyl halides is 2. The average Bonchev–Trinajstić information content (AvgIpc) is 2.60. The minimum absolute atomic E-state index is 0.0560. The van der Waals surface area contributed by atoms with E-state index in [1.54, 1.807) is 24.3 Å². The van der Waals surface area contributed by atoms with Crippen molar-refractivity contribution in [3.63, 3.8) is 0 Å². The van der Waals surface area contributed by atoms with Gasteiger partial charge in [-0.15, -0.1) is 0 Å². The van der Waals surface area contributed by atoms with Gasteiger partial charge in [0.05, 0.1) is 0 Å². The SMILES string of the molecule is O=C(Nc1cccc(OC(F)F)c1)Nc1ccc2c(c1)CCN(C(=O)O)C2. The Morgan fingerprint density at radius 1 is 1.07 bits per heavy atom. The molecule has 0 spiro atoms. The van der Waals surface area contributed by atoms with Crippen molar-refractivity contribution in [1.29, 1.82) is 0 Å². The Bertz CT molecular complexity index is 860. The van der Waals surface area contributed by atoms with Crippen LogP contribution in [0.5, 0.6) is 5.75 Å². The maximum atomic E-state index is 12.3. The molecule has 0 atom stereocenters. The lowest BCUT2D eigenvalue weighted by molar-refractivity contribution is -0.0498. The highest BCUT2D eigenvalue weighted by Crippen LogP contribution is 2.23. The smallest absolute Gasteiger partial charge is 0.407 e. The van der Waals surface area contributed by atoms with E-state index in [1.807, 2.05) is 0 Å². The van der Waals surface area contributed by atoms with Crippen molar-refractivity contribution in [2.75, 3.05) is 17.2 Å². The third-order valence-corrected chi connectivity index (χ3v) is 4.06. The van der Waals surface area contributed by atoms with E-state index in [2.05, 4.69) is 15.4 Å². The summed E-state index contributed by atoms with van der Waals surface area (Å²) in [5, 5.41) is 14.3. The van der Waals surface area contributed by atoms with Crippen molar-refractivity contribution >= 4 is 23.5 Å². The number of carbonyl (C=O) groups excluding carboxylic acids is 1. The molecule has 9 heteroatoms. The summed E-state index contributed by atoms with van der Waals surface area (Å²) in [6.07, 6.45) is -0.397. The number of halogens is 2. The Hall–Kier alpha value is -3.36. The van der Waals surface area contributed by atoms with Crippen LogP contribution in [0.15, 0.2) is 42.5 Å². The predicted octanol–water partition coefficient (Wildman–Crippen LogP) is 3.97. The molecule has 2 aromatic carbocycles. The fraction of sp³-hybridized carbons (Fsp3) is 0.222. The van der Waals surface area contributed by atoms with Crippen LogP contribution < -0.4 is 15.4 Å². The van der Waals surface area contributed by atoms with Crippen molar-refractivity contribution in [1.82, 2.24) is 4.90 Å². The Morgan fingerprint density at radius 2 is 1.81 bits per heavy atom. The standard InChI is InChI=1S/C18H17F2N3O4/c19-16(20)27-15-3-1-2-13(9-15)21-17(24)22-14-5-4-12-10-23(18(25)26)7-6-11(12)8-14/h1-5,8-9,16H,6-7,10H2,(H,25,26)(H2,21,22,24). The van der Waals surface area contributed by atoms with Gasteiger partial charge in [0.25, 0.3) is 0 Å². The fourth-order valence-electron chi connectivity index (χ4n) is 2.84. The summed E-state index contributed by atoms with van der Waals surface area (Å²) in [7, 11) is 0. The second kappa shape index (κ2) is 7.90. The molecule has 0 saturated carbocycles. The van der Waals surface area contributed by atoms with Gasteiger partial charge >= 0.3 is 18.7 Å². The van der Waals surface area contributed by atoms with Gasteiger partial charge in [-0.2, -0.15) is 8.78 Å². The number of urea groups is 1. The van der Waals surface area contributed by atoms with Gasteiger partial charge < -0.3 is 25.4 Å². The Labute approximate surface area is 153 Å². The van der Waals surface area contributed by atoms with E-state index in [9.17, 15) is 18.4 Å². The summed E-state index contributed by atoms with van der Waals surface area (Å²) in [6.45, 7) is -2.23. The summed E-state index contributed by atoms with van der Waals surface area (Å²) < 4.78 is 28.8. The molecule has 1 aliphatic rings. The summed E-state index contributed by atoms with van der Waals surface area (Å²) >= 11 is 0. The van der Waals surface area contributed by atoms with Crippen LogP contribution in [0.2, 0.25) is 0 Å². The molecule has 0 aromatic heterocycles. The van der Waals surface area contributed by atoms with Crippen LogP contribution in [0, 0.1) is 0 Å². The normalized spacial score (nSPS) is 13.1. The van der Waals surface area contributed by atoms with Crippen LogP contribution in [0.25, 0.3) is 0 Å². The lowest BCUT2D eigenvalue weighted by atomic mass is 9.99. The zero-order valence-corrected chi connectivity index (χ0v) is 14.1. The molecule has 0 unspecified atom stereocenters. The predicted molar refractivity (Wildman–Crippen MR) is 94.3 cm³/mol. The molecule has 7 nitrogen and oxygen atoms in total. The van der Waals surface area contributed by atoms with E-state index in [0.29, 0.717) is 30.9 Å². The molecule has 0 aliphatic carbocycles. The topological polar surface area (TPSA) is 90.9 Å². The first-order chi connectivity index (χ1) is 12.9. The zero-order chi connectivity index (χ0) is 19.4. The lowest BCUT2D eigenvalue weighted by Crippen LogP contribution is -2.34.